The van der Waals surface area contributed by atoms with Crippen molar-refractivity contribution in [1.82, 2.24) is 4.31 Å². The van der Waals surface area contributed by atoms with Gasteiger partial charge in [0, 0.05) is 19.2 Å². The number of aryl methyl sites for hydroxylation is 1. The van der Waals surface area contributed by atoms with Crippen molar-refractivity contribution in [3.8, 4) is 11.5 Å². The molecule has 24 heavy (non-hydrogen) atoms. The molecule has 4 rings (SSSR count). The number of carboxylic acids is 1. The molecule has 7 nitrogen and oxygen atoms in total. The monoisotopic (exact) mass is 353 g/mol. The third kappa shape index (κ3) is 2.05. The molecule has 2 heterocycles. The molecule has 1 saturated heterocycles. The van der Waals surface area contributed by atoms with Gasteiger partial charge in [0.25, 0.3) is 0 Å². The van der Waals surface area contributed by atoms with E-state index in [1.165, 1.54) is 10.4 Å². The van der Waals surface area contributed by atoms with Crippen LogP contribution in [0.15, 0.2) is 17.0 Å². The van der Waals surface area contributed by atoms with Crippen LogP contribution in [0.2, 0.25) is 0 Å². The summed E-state index contributed by atoms with van der Waals surface area (Å²) >= 11 is 0. The van der Waals surface area contributed by atoms with Gasteiger partial charge >= 0.3 is 5.97 Å². The van der Waals surface area contributed by atoms with Gasteiger partial charge in [0.05, 0.1) is 10.3 Å². The minimum atomic E-state index is -3.77. The first-order valence-corrected chi connectivity index (χ1v) is 9.42. The molecule has 0 radical (unpaired) electrons. The van der Waals surface area contributed by atoms with E-state index in [4.69, 9.17) is 9.47 Å². The Balaban J connectivity index is 1.71. The van der Waals surface area contributed by atoms with Crippen LogP contribution in [0.5, 0.6) is 11.5 Å². The Morgan fingerprint density at radius 2 is 2.04 bits per heavy atom. The summed E-state index contributed by atoms with van der Waals surface area (Å²) in [6.07, 6.45) is 2.14. The fraction of sp³-hybridized carbons (Fsp3) is 0.562. The van der Waals surface area contributed by atoms with Gasteiger partial charge in [-0.3, -0.25) is 4.79 Å². The molecule has 1 aromatic rings. The largest absolute Gasteiger partial charge is 0.481 e. The first-order valence-electron chi connectivity index (χ1n) is 7.98. The lowest BCUT2D eigenvalue weighted by Crippen LogP contribution is -2.37. The van der Waals surface area contributed by atoms with Gasteiger partial charge < -0.3 is 14.6 Å². The van der Waals surface area contributed by atoms with Gasteiger partial charge in [-0.15, -0.1) is 0 Å². The highest BCUT2D eigenvalue weighted by Gasteiger charge is 2.57. The SMILES string of the molecule is Cc1cc2c(cc1S(=O)(=O)N1C[C@@H]3CCC[C@@]3(C(=O)O)C1)OCO2. The second-order valence-electron chi connectivity index (χ2n) is 6.82. The first-order chi connectivity index (χ1) is 11.3. The number of carbonyl (C=O) groups is 1. The zero-order chi connectivity index (χ0) is 17.1. The number of benzene rings is 1. The topological polar surface area (TPSA) is 93.1 Å². The molecule has 1 saturated carbocycles. The van der Waals surface area contributed by atoms with E-state index in [0.29, 0.717) is 23.5 Å². The predicted molar refractivity (Wildman–Crippen MR) is 83.5 cm³/mol. The average Bonchev–Trinajstić information content (AvgIpc) is 3.19. The number of ether oxygens (including phenoxy) is 2. The van der Waals surface area contributed by atoms with Crippen LogP contribution < -0.4 is 9.47 Å². The van der Waals surface area contributed by atoms with Gasteiger partial charge in [-0.1, -0.05) is 6.42 Å². The Morgan fingerprint density at radius 1 is 1.33 bits per heavy atom. The molecule has 8 heteroatoms. The van der Waals surface area contributed by atoms with Crippen molar-refractivity contribution in [2.45, 2.75) is 31.1 Å². The Morgan fingerprint density at radius 3 is 2.71 bits per heavy atom. The van der Waals surface area contributed by atoms with Gasteiger partial charge in [0.1, 0.15) is 0 Å². The Hall–Kier alpha value is -1.80. The molecule has 2 aliphatic heterocycles. The highest BCUT2D eigenvalue weighted by molar-refractivity contribution is 7.89. The van der Waals surface area contributed by atoms with E-state index in [1.54, 1.807) is 13.0 Å². The number of nitrogens with zero attached hydrogens (tertiary/aromatic N) is 1. The molecule has 0 aromatic heterocycles. The van der Waals surface area contributed by atoms with Crippen LogP contribution in [0.4, 0.5) is 0 Å². The molecular weight excluding hydrogens is 334 g/mol. The van der Waals surface area contributed by atoms with Gasteiger partial charge in [-0.05, 0) is 37.3 Å². The maximum atomic E-state index is 13.1. The first kappa shape index (κ1) is 15.7. The highest BCUT2D eigenvalue weighted by Crippen LogP contribution is 2.50. The fourth-order valence-electron chi connectivity index (χ4n) is 4.22. The summed E-state index contributed by atoms with van der Waals surface area (Å²) in [5.41, 5.74) is -0.363. The van der Waals surface area contributed by atoms with Crippen molar-refractivity contribution < 1.29 is 27.8 Å². The van der Waals surface area contributed by atoms with Gasteiger partial charge in [-0.25, -0.2) is 8.42 Å². The minimum Gasteiger partial charge on any atom is -0.481 e. The molecular formula is C16H19NO6S. The Kier molecular flexibility index (Phi) is 3.34. The van der Waals surface area contributed by atoms with E-state index < -0.39 is 21.4 Å². The number of aliphatic carboxylic acids is 1. The van der Waals surface area contributed by atoms with E-state index >= 15 is 0 Å². The van der Waals surface area contributed by atoms with Crippen LogP contribution in [-0.2, 0) is 14.8 Å². The van der Waals surface area contributed by atoms with E-state index in [9.17, 15) is 18.3 Å². The number of carboxylic acid groups (broad SMARTS) is 1. The van der Waals surface area contributed by atoms with Crippen LogP contribution >= 0.6 is 0 Å². The standard InChI is InChI=1S/C16H19NO6S/c1-10-5-12-13(23-9-22-12)6-14(10)24(20,21)17-7-11-3-2-4-16(11,8-17)15(18)19/h5-6,11H,2-4,7-9H2,1H3,(H,18,19)/t11-,16+/m0/s1. The molecule has 0 unspecified atom stereocenters. The fourth-order valence-corrected chi connectivity index (χ4v) is 5.99. The molecule has 3 aliphatic rings. The van der Waals surface area contributed by atoms with Crippen LogP contribution in [0.3, 0.4) is 0 Å². The van der Waals surface area contributed by atoms with Crippen LogP contribution in [0.25, 0.3) is 0 Å². The van der Waals surface area contributed by atoms with Crippen molar-refractivity contribution in [2.75, 3.05) is 19.9 Å². The van der Waals surface area contributed by atoms with Gasteiger partial charge in [-0.2, -0.15) is 4.31 Å². The lowest BCUT2D eigenvalue weighted by atomic mass is 9.81. The molecule has 0 spiro atoms. The average molecular weight is 353 g/mol. The number of rotatable bonds is 3. The molecule has 1 aliphatic carbocycles. The summed E-state index contributed by atoms with van der Waals surface area (Å²) in [6, 6.07) is 3.13. The summed E-state index contributed by atoms with van der Waals surface area (Å²) in [4.78, 5) is 11.9. The molecule has 0 bridgehead atoms. The molecule has 2 atom stereocenters. The van der Waals surface area contributed by atoms with Crippen molar-refractivity contribution in [1.29, 1.82) is 0 Å². The number of hydrogen-bond acceptors (Lipinski definition) is 5. The summed E-state index contributed by atoms with van der Waals surface area (Å²) in [5.74, 6) is -0.0533. The number of sulfonamides is 1. The van der Waals surface area contributed by atoms with Gasteiger partial charge in [0.15, 0.2) is 11.5 Å². The van der Waals surface area contributed by atoms with Crippen LogP contribution in [0, 0.1) is 18.3 Å². The van der Waals surface area contributed by atoms with Crippen molar-refractivity contribution in [3.05, 3.63) is 17.7 Å². The number of fused-ring (bicyclic) bond motifs is 2. The quantitative estimate of drug-likeness (QED) is 0.887. The third-order valence-electron chi connectivity index (χ3n) is 5.55. The normalized spacial score (nSPS) is 29.0. The van der Waals surface area contributed by atoms with E-state index in [2.05, 4.69) is 0 Å². The highest BCUT2D eigenvalue weighted by atomic mass is 32.2. The smallest absolute Gasteiger partial charge is 0.311 e. The molecule has 0 amide bonds. The van der Waals surface area contributed by atoms with Gasteiger partial charge in [0.2, 0.25) is 16.8 Å². The summed E-state index contributed by atoms with van der Waals surface area (Å²) in [6.45, 7) is 2.09. The van der Waals surface area contributed by atoms with E-state index in [1.807, 2.05) is 0 Å². The lowest BCUT2D eigenvalue weighted by molar-refractivity contribution is -0.149. The van der Waals surface area contributed by atoms with E-state index in [-0.39, 0.29) is 30.7 Å². The summed E-state index contributed by atoms with van der Waals surface area (Å²) in [7, 11) is -3.77. The van der Waals surface area contributed by atoms with Crippen molar-refractivity contribution in [3.63, 3.8) is 0 Å². The zero-order valence-corrected chi connectivity index (χ0v) is 14.1. The Labute approximate surface area is 140 Å². The second kappa shape index (κ2) is 5.10. The molecule has 1 N–H and O–H groups in total. The molecule has 130 valence electrons. The minimum absolute atomic E-state index is 0.0449. The van der Waals surface area contributed by atoms with Crippen molar-refractivity contribution >= 4 is 16.0 Å². The summed E-state index contributed by atoms with van der Waals surface area (Å²) < 4.78 is 38.1. The Bertz CT molecular complexity index is 820. The lowest BCUT2D eigenvalue weighted by Gasteiger charge is -2.23. The van der Waals surface area contributed by atoms with E-state index in [0.717, 1.165) is 12.8 Å². The van der Waals surface area contributed by atoms with Crippen LogP contribution in [-0.4, -0.2) is 43.7 Å². The summed E-state index contributed by atoms with van der Waals surface area (Å²) in [5, 5.41) is 9.65. The maximum absolute atomic E-state index is 13.1. The number of hydrogen-bond donors (Lipinski definition) is 1. The van der Waals surface area contributed by atoms with Crippen LogP contribution in [0.1, 0.15) is 24.8 Å². The maximum Gasteiger partial charge on any atom is 0.311 e. The predicted octanol–water partition coefficient (Wildman–Crippen LogP) is 1.60. The third-order valence-corrected chi connectivity index (χ3v) is 7.51. The second-order valence-corrected chi connectivity index (χ2v) is 8.73. The van der Waals surface area contributed by atoms with Crippen molar-refractivity contribution in [2.24, 2.45) is 11.3 Å². The zero-order valence-electron chi connectivity index (χ0n) is 13.3. The molecule has 2 fully saturated rings. The molecule has 1 aromatic carbocycles.